The van der Waals surface area contributed by atoms with Crippen molar-refractivity contribution in [2.45, 2.75) is 219 Å². The van der Waals surface area contributed by atoms with Crippen LogP contribution in [-0.4, -0.2) is 354 Å². The maximum Gasteiger partial charge on any atom is 0.333 e. The summed E-state index contributed by atoms with van der Waals surface area (Å²) >= 11 is 0. The van der Waals surface area contributed by atoms with E-state index in [9.17, 15) is 130 Å². The number of unbranched alkanes of at least 4 members (excludes halogenated alkanes) is 1. The van der Waals surface area contributed by atoms with E-state index in [0.29, 0.717) is 5.06 Å². The van der Waals surface area contributed by atoms with Gasteiger partial charge in [0.25, 0.3) is 11.8 Å². The average molecular weight is 1450 g/mol. The molecule has 0 aromatic rings. The third-order valence-electron chi connectivity index (χ3n) is 16.9. The van der Waals surface area contributed by atoms with E-state index in [1.54, 1.807) is 0 Å². The molecule has 23 atom stereocenters. The molecule has 0 aromatic heterocycles. The van der Waals surface area contributed by atoms with Crippen LogP contribution in [0.5, 0.6) is 0 Å². The fourth-order valence-corrected chi connectivity index (χ4v) is 11.0. The van der Waals surface area contributed by atoms with Gasteiger partial charge in [0.15, 0.2) is 30.9 Å². The number of hydroxylamine groups is 2. The van der Waals surface area contributed by atoms with Crippen LogP contribution in [0.1, 0.15) is 89.9 Å². The van der Waals surface area contributed by atoms with E-state index in [1.807, 2.05) is 0 Å². The van der Waals surface area contributed by atoms with Crippen molar-refractivity contribution in [3.8, 4) is 0 Å². The highest BCUT2D eigenvalue weighted by Crippen LogP contribution is 2.27. The normalized spacial score (nSPS) is 31.7. The third-order valence-corrected chi connectivity index (χ3v) is 16.9. The van der Waals surface area contributed by atoms with Crippen LogP contribution in [0.4, 0.5) is 0 Å². The number of nitrogens with one attached hydrogen (secondary N) is 5. The Hall–Kier alpha value is -5.66. The van der Waals surface area contributed by atoms with Gasteiger partial charge in [-0.3, -0.25) is 43.2 Å². The number of Topliss-reactive ketones (excluding diaryl/α,β-unsaturated/α-hetero) is 2. The smallest absolute Gasteiger partial charge is 0.333 e. The Morgan fingerprint density at radius 3 is 1.10 bits per heavy atom. The van der Waals surface area contributed by atoms with Crippen molar-refractivity contribution in [1.29, 1.82) is 0 Å². The molecule has 0 radical (unpaired) electrons. The van der Waals surface area contributed by atoms with Crippen molar-refractivity contribution < 1.29 is 172 Å². The number of carbonyl (C=O) groups excluding carboxylic acids is 10. The number of nitrogens with zero attached hydrogens (tertiary/aromatic N) is 1. The Bertz CT molecular complexity index is 2610. The number of rotatable bonds is 43. The number of imide groups is 1. The molecule has 0 bridgehead atoms. The van der Waals surface area contributed by atoms with E-state index in [0.717, 1.165) is 0 Å². The van der Waals surface area contributed by atoms with Crippen molar-refractivity contribution in [3.05, 3.63) is 0 Å². The lowest BCUT2D eigenvalue weighted by atomic mass is 9.90. The van der Waals surface area contributed by atoms with Gasteiger partial charge >= 0.3 is 5.97 Å². The van der Waals surface area contributed by atoms with Crippen LogP contribution in [-0.2, 0) is 90.7 Å². The fourth-order valence-electron chi connectivity index (χ4n) is 11.0. The second-order valence-electron chi connectivity index (χ2n) is 24.3. The minimum atomic E-state index is -1.83. The van der Waals surface area contributed by atoms with E-state index < -0.39 is 297 Å². The monoisotopic (exact) mass is 1450 g/mol. The van der Waals surface area contributed by atoms with Gasteiger partial charge in [-0.15, -0.1) is 5.06 Å². The van der Waals surface area contributed by atoms with Gasteiger partial charge in [-0.05, 0) is 32.1 Å². The van der Waals surface area contributed by atoms with Gasteiger partial charge in [0.05, 0.1) is 58.9 Å². The van der Waals surface area contributed by atoms with Crippen molar-refractivity contribution >= 4 is 58.9 Å². The first-order valence-electron chi connectivity index (χ1n) is 32.7. The van der Waals surface area contributed by atoms with Gasteiger partial charge in [-0.1, -0.05) is 0 Å². The molecule has 5 aliphatic rings. The Kier molecular flexibility index (Phi) is 36.4. The number of hydrogen-bond acceptors (Lipinski definition) is 35. The molecule has 41 nitrogen and oxygen atoms in total. The maximum absolute atomic E-state index is 14.8. The van der Waals surface area contributed by atoms with Gasteiger partial charge in [0.1, 0.15) is 103 Å². The fraction of sp³-hybridized carbons (Fsp3) is 0.831. The number of aliphatic hydroxyl groups is 16. The number of carbonyl (C=O) groups is 10. The van der Waals surface area contributed by atoms with Crippen molar-refractivity contribution in [3.63, 3.8) is 0 Å². The summed E-state index contributed by atoms with van der Waals surface area (Å²) in [5.41, 5.74) is 0. The molecule has 0 aromatic carbocycles. The van der Waals surface area contributed by atoms with E-state index in [2.05, 4.69) is 26.6 Å². The summed E-state index contributed by atoms with van der Waals surface area (Å²) in [4.78, 5) is 139. The topological polar surface area (TPSA) is 641 Å². The first-order valence-corrected chi connectivity index (χ1v) is 32.7. The molecule has 7 amide bonds. The van der Waals surface area contributed by atoms with Gasteiger partial charge in [-0.2, -0.15) is 0 Å². The standard InChI is InChI=1S/C59H96N6O35/c66-23-32-42(78)46(82)50(86)56(96-32)92-17-13-60-36(72)8-5-27(21-29(70)3-1-2-4-41(77)100-65-39(75)11-12-40(65)76)55(91)64-30(7-10-38(74)62-15-19-94-58-52(88)48(84)44(80)34(25-68)98-58)31(71)22-28(54(90)63-16-20-95-59-53(89)49(85)45(81)35(26-69)99-59)6-9-37(73)61-14-18-93-57-51(87)47(83)43(79)33(24-67)97-57/h27-28,30,32-35,42-53,56-59,66-69,78-89H,1-26H2,(H,60,72)(H,61,73)(H,62,74)(H,63,90)(H,64,91)/t27-,28-,30+,32-,33-,34-,35-,42-,43-,44-,45-,46+,47+,48+,49+,50+,51+,52+,53+,56+,57+,58+,59+/m1/s1. The third kappa shape index (κ3) is 25.6. The zero-order chi connectivity index (χ0) is 73.9. The van der Waals surface area contributed by atoms with Gasteiger partial charge < -0.3 is 151 Å². The summed E-state index contributed by atoms with van der Waals surface area (Å²) in [5, 5.41) is 174. The summed E-state index contributed by atoms with van der Waals surface area (Å²) in [6.07, 6.45) is -38.2. The number of hydrogen-bond donors (Lipinski definition) is 21. The molecule has 5 aliphatic heterocycles. The lowest BCUT2D eigenvalue weighted by molar-refractivity contribution is -0.300. The number of ether oxygens (including phenoxy) is 8. The lowest BCUT2D eigenvalue weighted by Crippen LogP contribution is -2.59. The molecular weight excluding hydrogens is 1350 g/mol. The van der Waals surface area contributed by atoms with Crippen LogP contribution in [0, 0.1) is 11.8 Å². The van der Waals surface area contributed by atoms with Crippen molar-refractivity contribution in [2.24, 2.45) is 11.8 Å². The molecule has 21 N–H and O–H groups in total. The summed E-state index contributed by atoms with van der Waals surface area (Å²) < 4.78 is 43.0. The highest BCUT2D eigenvalue weighted by Gasteiger charge is 2.48. The molecule has 5 rings (SSSR count). The largest absolute Gasteiger partial charge is 0.394 e. The van der Waals surface area contributed by atoms with Gasteiger partial charge in [-0.25, -0.2) is 4.79 Å². The number of ketones is 2. The van der Waals surface area contributed by atoms with Crippen LogP contribution >= 0.6 is 0 Å². The van der Waals surface area contributed by atoms with E-state index in [-0.39, 0.29) is 71.4 Å². The number of amides is 7. The average Bonchev–Trinajstić information content (AvgIpc) is 1.09. The van der Waals surface area contributed by atoms with Crippen LogP contribution < -0.4 is 26.6 Å². The highest BCUT2D eigenvalue weighted by atomic mass is 16.7. The predicted molar refractivity (Wildman–Crippen MR) is 322 cm³/mol. The highest BCUT2D eigenvalue weighted by molar-refractivity contribution is 6.01. The Morgan fingerprint density at radius 1 is 0.410 bits per heavy atom. The summed E-state index contributed by atoms with van der Waals surface area (Å²) in [6.45, 7) is -6.03. The molecule has 5 fully saturated rings. The maximum atomic E-state index is 14.8. The van der Waals surface area contributed by atoms with Gasteiger partial charge in [0, 0.05) is 95.8 Å². The van der Waals surface area contributed by atoms with E-state index in [4.69, 9.17) is 42.7 Å². The van der Waals surface area contributed by atoms with Crippen LogP contribution in [0.3, 0.4) is 0 Å². The molecule has 100 heavy (non-hydrogen) atoms. The van der Waals surface area contributed by atoms with Crippen molar-refractivity contribution in [1.82, 2.24) is 31.6 Å². The Balaban J connectivity index is 1.34. The first-order chi connectivity index (χ1) is 47.5. The lowest BCUT2D eigenvalue weighted by Gasteiger charge is -2.39. The second-order valence-corrected chi connectivity index (χ2v) is 24.3. The molecule has 0 unspecified atom stereocenters. The summed E-state index contributed by atoms with van der Waals surface area (Å²) in [7, 11) is 0. The molecule has 5 saturated heterocycles. The molecular formula is C59H96N6O35. The first kappa shape index (κ1) is 85.0. The van der Waals surface area contributed by atoms with Crippen LogP contribution in [0.25, 0.3) is 0 Å². The minimum absolute atomic E-state index is 0.000154. The van der Waals surface area contributed by atoms with Crippen LogP contribution in [0.15, 0.2) is 0 Å². The second kappa shape index (κ2) is 42.8. The summed E-state index contributed by atoms with van der Waals surface area (Å²) in [6, 6.07) is -1.73. The van der Waals surface area contributed by atoms with Crippen molar-refractivity contribution in [2.75, 3.05) is 79.0 Å². The minimum Gasteiger partial charge on any atom is -0.394 e. The Morgan fingerprint density at radius 2 is 0.740 bits per heavy atom. The van der Waals surface area contributed by atoms with E-state index in [1.165, 1.54) is 0 Å². The molecule has 0 aliphatic carbocycles. The number of aliphatic hydroxyl groups excluding tert-OH is 16. The predicted octanol–water partition coefficient (Wildman–Crippen LogP) is -12.1. The zero-order valence-electron chi connectivity index (χ0n) is 54.5. The van der Waals surface area contributed by atoms with Gasteiger partial charge in [0.2, 0.25) is 29.5 Å². The summed E-state index contributed by atoms with van der Waals surface area (Å²) in [5.74, 6) is -11.2. The molecule has 0 spiro atoms. The van der Waals surface area contributed by atoms with Crippen LogP contribution in [0.2, 0.25) is 0 Å². The quantitative estimate of drug-likeness (QED) is 0.0199. The van der Waals surface area contributed by atoms with E-state index >= 15 is 0 Å². The molecule has 41 heteroatoms. The molecule has 5 heterocycles. The SMILES string of the molecule is O=C(CCCCC(=O)ON1C(=O)CCC1=O)C[C@@H](CCC(=O)NCCO[C@H]1O[C@H](CO)[C@@H](O)[C@H](O)[C@@H]1O)C(=O)N[C@@H](CCC(=O)NCCO[C@H]1O[C@H](CO)[C@@H](O)[C@H](O)[C@@H]1O)C(=O)C[C@@H](CCC(=O)NCCO[C@H]1O[C@H](CO)[C@@H](O)[C@H](O)[C@@H]1O)C(=O)NCCO[C@H]1O[C@H](CO)[C@@H](O)[C@H](O)[C@@H]1O. The molecule has 572 valence electrons. The molecule has 0 saturated carbocycles. The zero-order valence-corrected chi connectivity index (χ0v) is 54.5. The Labute approximate surface area is 571 Å².